The molecular formula is C29H27ClF2N4O. The van der Waals surface area contributed by atoms with Gasteiger partial charge in [0.1, 0.15) is 11.6 Å². The molecule has 4 aromatic rings. The predicted molar refractivity (Wildman–Crippen MR) is 140 cm³/mol. The number of aromatic nitrogens is 2. The van der Waals surface area contributed by atoms with Crippen molar-refractivity contribution in [1.82, 2.24) is 19.6 Å². The Bertz CT molecular complexity index is 1440. The van der Waals surface area contributed by atoms with Crippen molar-refractivity contribution in [3.63, 3.8) is 0 Å². The minimum absolute atomic E-state index is 0.179. The number of carbonyl (C=O) groups is 1. The summed E-state index contributed by atoms with van der Waals surface area (Å²) in [5.41, 5.74) is 4.40. The van der Waals surface area contributed by atoms with Crippen LogP contribution in [0.15, 0.2) is 72.8 Å². The van der Waals surface area contributed by atoms with Gasteiger partial charge in [0.25, 0.3) is 5.91 Å². The van der Waals surface area contributed by atoms with Crippen LogP contribution in [0.5, 0.6) is 0 Å². The highest BCUT2D eigenvalue weighted by atomic mass is 35.5. The van der Waals surface area contributed by atoms with E-state index in [-0.39, 0.29) is 24.1 Å². The Labute approximate surface area is 219 Å². The number of fused-ring (bicyclic) bond motifs is 1. The Balaban J connectivity index is 1.49. The second-order valence-electron chi connectivity index (χ2n) is 9.11. The highest BCUT2D eigenvalue weighted by molar-refractivity contribution is 6.33. The maximum atomic E-state index is 14.3. The Morgan fingerprint density at radius 2 is 1.84 bits per heavy atom. The second-order valence-corrected chi connectivity index (χ2v) is 9.52. The number of hydrogen-bond acceptors (Lipinski definition) is 3. The number of amides is 1. The van der Waals surface area contributed by atoms with Gasteiger partial charge in [0.15, 0.2) is 0 Å². The van der Waals surface area contributed by atoms with Crippen LogP contribution in [-0.2, 0) is 26.1 Å². The fourth-order valence-electron chi connectivity index (χ4n) is 4.81. The second kappa shape index (κ2) is 10.8. The zero-order valence-corrected chi connectivity index (χ0v) is 21.3. The van der Waals surface area contributed by atoms with Crippen LogP contribution in [0.25, 0.3) is 5.69 Å². The summed E-state index contributed by atoms with van der Waals surface area (Å²) in [6, 6.07) is 20.1. The van der Waals surface area contributed by atoms with Gasteiger partial charge in [-0.1, -0.05) is 48.0 Å². The van der Waals surface area contributed by atoms with Gasteiger partial charge < -0.3 is 4.90 Å². The molecule has 0 radical (unpaired) electrons. The van der Waals surface area contributed by atoms with E-state index in [9.17, 15) is 13.6 Å². The lowest BCUT2D eigenvalue weighted by atomic mass is 10.0. The van der Waals surface area contributed by atoms with Crippen LogP contribution in [0.1, 0.15) is 39.8 Å². The van der Waals surface area contributed by atoms with E-state index >= 15 is 0 Å². The van der Waals surface area contributed by atoms with Crippen LogP contribution in [0.2, 0.25) is 5.02 Å². The molecule has 0 N–H and O–H groups in total. The quantitative estimate of drug-likeness (QED) is 0.299. The van der Waals surface area contributed by atoms with E-state index in [0.717, 1.165) is 17.0 Å². The zero-order valence-electron chi connectivity index (χ0n) is 20.5. The minimum Gasteiger partial charge on any atom is -0.333 e. The highest BCUT2D eigenvalue weighted by Crippen LogP contribution is 2.28. The van der Waals surface area contributed by atoms with E-state index in [1.54, 1.807) is 52.0 Å². The largest absolute Gasteiger partial charge is 0.333 e. The van der Waals surface area contributed by atoms with E-state index < -0.39 is 0 Å². The third kappa shape index (κ3) is 5.29. The molecule has 0 saturated heterocycles. The van der Waals surface area contributed by atoms with Crippen molar-refractivity contribution in [1.29, 1.82) is 0 Å². The highest BCUT2D eigenvalue weighted by Gasteiger charge is 2.28. The third-order valence-electron chi connectivity index (χ3n) is 6.74. The van der Waals surface area contributed by atoms with Crippen molar-refractivity contribution in [3.8, 4) is 5.69 Å². The molecule has 1 amide bonds. The van der Waals surface area contributed by atoms with Crippen LogP contribution >= 0.6 is 11.6 Å². The number of carbonyl (C=O) groups excluding carboxylic acids is 1. The number of nitrogens with zero attached hydrogens (tertiary/aromatic N) is 4. The molecule has 5 nitrogen and oxygen atoms in total. The summed E-state index contributed by atoms with van der Waals surface area (Å²) < 4.78 is 30.2. The standard InChI is InChI=1S/C29H27ClF2N4O/c1-2-35(29(37)23-11-4-5-12-25(23)30)19-27-24-18-34(17-20-8-3-6-13-26(20)32)15-14-28(24)36(33-27)22-10-7-9-21(31)16-22/h3-13,16H,2,14-15,17-19H2,1H3. The lowest BCUT2D eigenvalue weighted by molar-refractivity contribution is 0.0749. The molecular weight excluding hydrogens is 494 g/mol. The Morgan fingerprint density at radius 1 is 1.05 bits per heavy atom. The van der Waals surface area contributed by atoms with E-state index in [1.165, 1.54) is 18.2 Å². The number of halogens is 3. The first kappa shape index (κ1) is 25.1. The topological polar surface area (TPSA) is 41.4 Å². The predicted octanol–water partition coefficient (Wildman–Crippen LogP) is 6.02. The molecule has 8 heteroatoms. The SMILES string of the molecule is CCN(Cc1nn(-c2cccc(F)c2)c2c1CN(Cc1ccccc1F)CC2)C(=O)c1ccccc1Cl. The smallest absolute Gasteiger partial charge is 0.255 e. The van der Waals surface area contributed by atoms with Gasteiger partial charge in [-0.15, -0.1) is 0 Å². The monoisotopic (exact) mass is 520 g/mol. The fourth-order valence-corrected chi connectivity index (χ4v) is 5.02. The molecule has 0 fully saturated rings. The molecule has 2 heterocycles. The van der Waals surface area contributed by atoms with Gasteiger partial charge in [0.05, 0.1) is 34.2 Å². The van der Waals surface area contributed by atoms with Gasteiger partial charge in [0, 0.05) is 43.7 Å². The maximum absolute atomic E-state index is 14.3. The average Bonchev–Trinajstić information content (AvgIpc) is 3.26. The summed E-state index contributed by atoms with van der Waals surface area (Å²) in [6.07, 6.45) is 0.665. The summed E-state index contributed by atoms with van der Waals surface area (Å²) in [5, 5.41) is 5.27. The first-order chi connectivity index (χ1) is 17.9. The summed E-state index contributed by atoms with van der Waals surface area (Å²) in [4.78, 5) is 17.2. The molecule has 3 aromatic carbocycles. The number of rotatable bonds is 7. The van der Waals surface area contributed by atoms with Gasteiger partial charge in [-0.25, -0.2) is 13.5 Å². The lowest BCUT2D eigenvalue weighted by Gasteiger charge is -2.28. The van der Waals surface area contributed by atoms with E-state index in [4.69, 9.17) is 16.7 Å². The lowest BCUT2D eigenvalue weighted by Crippen LogP contribution is -2.33. The first-order valence-corrected chi connectivity index (χ1v) is 12.7. The molecule has 0 bridgehead atoms. The summed E-state index contributed by atoms with van der Waals surface area (Å²) in [7, 11) is 0. The van der Waals surface area contributed by atoms with Gasteiger partial charge in [-0.3, -0.25) is 9.69 Å². The molecule has 5 rings (SSSR count). The molecule has 0 atom stereocenters. The van der Waals surface area contributed by atoms with Crippen molar-refractivity contribution in [3.05, 3.63) is 118 Å². The zero-order chi connectivity index (χ0) is 25.9. The normalized spacial score (nSPS) is 13.4. The van der Waals surface area contributed by atoms with Crippen molar-refractivity contribution < 1.29 is 13.6 Å². The van der Waals surface area contributed by atoms with Crippen LogP contribution in [0.4, 0.5) is 8.78 Å². The van der Waals surface area contributed by atoms with Crippen LogP contribution < -0.4 is 0 Å². The molecule has 37 heavy (non-hydrogen) atoms. The molecule has 0 saturated carbocycles. The van der Waals surface area contributed by atoms with Crippen LogP contribution in [0.3, 0.4) is 0 Å². The maximum Gasteiger partial charge on any atom is 0.255 e. The Hall–Kier alpha value is -3.55. The average molecular weight is 521 g/mol. The Kier molecular flexibility index (Phi) is 7.35. The van der Waals surface area contributed by atoms with Crippen molar-refractivity contribution in [2.24, 2.45) is 0 Å². The summed E-state index contributed by atoms with van der Waals surface area (Å²) >= 11 is 6.31. The van der Waals surface area contributed by atoms with Gasteiger partial charge in [0.2, 0.25) is 0 Å². The van der Waals surface area contributed by atoms with E-state index in [1.807, 2.05) is 19.1 Å². The van der Waals surface area contributed by atoms with Crippen molar-refractivity contribution >= 4 is 17.5 Å². The van der Waals surface area contributed by atoms with Crippen molar-refractivity contribution in [2.45, 2.75) is 33.0 Å². The van der Waals surface area contributed by atoms with Crippen LogP contribution in [0, 0.1) is 11.6 Å². The van der Waals surface area contributed by atoms with Gasteiger partial charge in [-0.05, 0) is 43.3 Å². The summed E-state index contributed by atoms with van der Waals surface area (Å²) in [6.45, 7) is 4.37. The Morgan fingerprint density at radius 3 is 2.59 bits per heavy atom. The van der Waals surface area contributed by atoms with Crippen LogP contribution in [-0.4, -0.2) is 38.6 Å². The third-order valence-corrected chi connectivity index (χ3v) is 7.07. The molecule has 1 aromatic heterocycles. The first-order valence-electron chi connectivity index (χ1n) is 12.3. The minimum atomic E-state index is -0.343. The number of benzene rings is 3. The molecule has 190 valence electrons. The molecule has 1 aliphatic heterocycles. The molecule has 0 spiro atoms. The van der Waals surface area contributed by atoms with E-state index in [0.29, 0.717) is 54.4 Å². The molecule has 0 unspecified atom stereocenters. The van der Waals surface area contributed by atoms with Gasteiger partial charge in [-0.2, -0.15) is 5.10 Å². The molecule has 0 aliphatic carbocycles. The van der Waals surface area contributed by atoms with Gasteiger partial charge >= 0.3 is 0 Å². The van der Waals surface area contributed by atoms with Crippen molar-refractivity contribution in [2.75, 3.05) is 13.1 Å². The molecule has 1 aliphatic rings. The number of hydrogen-bond donors (Lipinski definition) is 0. The van der Waals surface area contributed by atoms with E-state index in [2.05, 4.69) is 4.90 Å². The summed E-state index contributed by atoms with van der Waals surface area (Å²) in [5.74, 6) is -0.753. The fraction of sp³-hybridized carbons (Fsp3) is 0.241.